The molecule has 300 valence electrons. The average Bonchev–Trinajstić information content (AvgIpc) is 4.09. The second-order valence-corrected chi connectivity index (χ2v) is 16.7. The molecule has 2 aliphatic rings. The van der Waals surface area contributed by atoms with E-state index in [1.165, 1.54) is 14.2 Å². The molecule has 1 aromatic carbocycles. The fourth-order valence-corrected chi connectivity index (χ4v) is 9.52. The quantitative estimate of drug-likeness (QED) is 0.0966. The molecule has 4 unspecified atom stereocenters. The number of fused-ring (bicyclic) bond motifs is 1. The minimum Gasteiger partial charge on any atom is -0.453 e. The van der Waals surface area contributed by atoms with Crippen molar-refractivity contribution in [2.24, 2.45) is 5.92 Å². The van der Waals surface area contributed by atoms with Crippen molar-refractivity contribution in [2.45, 2.75) is 63.2 Å². The average molecular weight is 821 g/mol. The van der Waals surface area contributed by atoms with Gasteiger partial charge in [0.05, 0.1) is 48.5 Å². The minimum absolute atomic E-state index is 0.0378. The molecule has 0 aliphatic carbocycles. The van der Waals surface area contributed by atoms with Gasteiger partial charge in [-0.25, -0.2) is 19.6 Å². The van der Waals surface area contributed by atoms with Crippen LogP contribution in [-0.4, -0.2) is 93.5 Å². The molecule has 4 N–H and O–H groups in total. The zero-order chi connectivity index (χ0) is 40.8. The highest BCUT2D eigenvalue weighted by atomic mass is 32.1. The van der Waals surface area contributed by atoms with E-state index in [1.807, 2.05) is 32.0 Å². The first-order valence-corrected chi connectivity index (χ1v) is 20.7. The highest BCUT2D eigenvalue weighted by Gasteiger charge is 2.41. The molecule has 6 heterocycles. The van der Waals surface area contributed by atoms with E-state index >= 15 is 0 Å². The van der Waals surface area contributed by atoms with Crippen LogP contribution in [0.5, 0.6) is 0 Å². The number of likely N-dealkylation sites (tertiary alicyclic amines) is 2. The van der Waals surface area contributed by atoms with Crippen molar-refractivity contribution < 1.29 is 28.7 Å². The number of methoxy groups -OCH3 is 2. The first-order chi connectivity index (χ1) is 28.1. The minimum atomic E-state index is -1.09. The molecular formula is C42H44N8O6S2. The number of amides is 3. The lowest BCUT2D eigenvalue weighted by Gasteiger charge is -2.37. The Kier molecular flexibility index (Phi) is 12.3. The monoisotopic (exact) mass is 820 g/mol. The summed E-state index contributed by atoms with van der Waals surface area (Å²) in [5.74, 6) is 14.0. The summed E-state index contributed by atoms with van der Waals surface area (Å²) in [6.07, 6.45) is 6.27. The molecule has 2 saturated heterocycles. The number of aromatic amines is 2. The van der Waals surface area contributed by atoms with Crippen molar-refractivity contribution in [1.29, 1.82) is 0 Å². The molecule has 0 spiro atoms. The Balaban J connectivity index is 0.991. The molecule has 4 aromatic heterocycles. The Morgan fingerprint density at radius 3 is 2.05 bits per heavy atom. The Hall–Kier alpha value is -5.94. The number of alkyl carbamates (subject to hydrolysis) is 2. The summed E-state index contributed by atoms with van der Waals surface area (Å²) in [5, 5.41) is 5.46. The highest BCUT2D eigenvalue weighted by Crippen LogP contribution is 2.35. The second-order valence-electron chi connectivity index (χ2n) is 14.5. The van der Waals surface area contributed by atoms with Crippen LogP contribution < -0.4 is 10.6 Å². The van der Waals surface area contributed by atoms with Gasteiger partial charge in [0.1, 0.15) is 40.9 Å². The second kappa shape index (κ2) is 17.7. The number of nitrogens with one attached hydrogen (secondary N) is 4. The largest absolute Gasteiger partial charge is 0.453 e. The van der Waals surface area contributed by atoms with Crippen molar-refractivity contribution in [2.75, 3.05) is 33.9 Å². The van der Waals surface area contributed by atoms with E-state index in [2.05, 4.69) is 71.3 Å². The van der Waals surface area contributed by atoms with Gasteiger partial charge in [0, 0.05) is 22.5 Å². The van der Waals surface area contributed by atoms with Gasteiger partial charge in [-0.3, -0.25) is 9.69 Å². The van der Waals surface area contributed by atoms with Crippen LogP contribution in [0.1, 0.15) is 96.0 Å². The summed E-state index contributed by atoms with van der Waals surface area (Å²) < 4.78 is 11.8. The van der Waals surface area contributed by atoms with Crippen LogP contribution in [0.15, 0.2) is 54.9 Å². The Labute approximate surface area is 344 Å². The number of carbonyl (C=O) groups excluding carboxylic acids is 4. The van der Waals surface area contributed by atoms with Crippen LogP contribution in [-0.2, 0) is 19.1 Å². The maximum Gasteiger partial charge on any atom is 0.407 e. The molecule has 5 aromatic rings. The lowest BCUT2D eigenvalue weighted by molar-refractivity contribution is -0.134. The number of hydrogen-bond acceptors (Lipinski definition) is 11. The number of rotatable bonds is 10. The van der Waals surface area contributed by atoms with Gasteiger partial charge in [0.2, 0.25) is 0 Å². The molecule has 0 saturated carbocycles. The van der Waals surface area contributed by atoms with Gasteiger partial charge >= 0.3 is 12.2 Å². The van der Waals surface area contributed by atoms with E-state index in [9.17, 15) is 19.2 Å². The lowest BCUT2D eigenvalue weighted by Crippen LogP contribution is -2.60. The number of carbonyl (C=O) groups is 4. The summed E-state index contributed by atoms with van der Waals surface area (Å²) in [4.78, 5) is 72.1. The van der Waals surface area contributed by atoms with E-state index in [-0.39, 0.29) is 23.9 Å². The number of thiophene rings is 2. The van der Waals surface area contributed by atoms with Gasteiger partial charge in [0.15, 0.2) is 0 Å². The van der Waals surface area contributed by atoms with Gasteiger partial charge in [-0.2, -0.15) is 0 Å². The molecular weight excluding hydrogens is 777 g/mol. The van der Waals surface area contributed by atoms with Gasteiger partial charge in [0.25, 0.3) is 5.91 Å². The fourth-order valence-electron chi connectivity index (χ4n) is 7.42. The zero-order valence-electron chi connectivity index (χ0n) is 32.6. The Bertz CT molecular complexity index is 2380. The number of aromatic nitrogens is 4. The van der Waals surface area contributed by atoms with Crippen LogP contribution in [0.2, 0.25) is 0 Å². The first kappa shape index (κ1) is 40.3. The van der Waals surface area contributed by atoms with Gasteiger partial charge < -0.3 is 39.8 Å². The standard InChI is InChI=1S/C42H44N8O6S2/c1-26(2)42(25-51,48-41(54)56-4)24-49-18-8-12-32(49)37-43-22-28(45-37)14-16-30-20-34-35(57-30)21-31(58-34)17-15-29-23-44-38(46-29)33-13-9-19-50(33)39(52)36(47-40(53)55-3)27-10-6-5-7-11-27/h5-7,10-11,20-23,25-26,32-33,36H,8-9,12-13,18-19,24H2,1-4H3,(H,43,45)(H,44,46)(H,47,53)(H,48,54). The van der Waals surface area contributed by atoms with Gasteiger partial charge in [-0.05, 0) is 79.5 Å². The summed E-state index contributed by atoms with van der Waals surface area (Å²) in [6, 6.07) is 12.0. The number of aldehydes is 1. The van der Waals surface area contributed by atoms with Gasteiger partial charge in [-0.1, -0.05) is 44.2 Å². The number of ether oxygens (including phenoxy) is 2. The smallest absolute Gasteiger partial charge is 0.407 e. The molecule has 2 aliphatic heterocycles. The topological polar surface area (TPSA) is 175 Å². The van der Waals surface area contributed by atoms with Crippen LogP contribution in [0.4, 0.5) is 9.59 Å². The zero-order valence-corrected chi connectivity index (χ0v) is 34.2. The predicted octanol–water partition coefficient (Wildman–Crippen LogP) is 6.06. The Morgan fingerprint density at radius 2 is 1.47 bits per heavy atom. The maximum absolute atomic E-state index is 13.8. The van der Waals surface area contributed by atoms with E-state index in [4.69, 9.17) is 9.47 Å². The lowest BCUT2D eigenvalue weighted by atomic mass is 9.87. The molecule has 0 bridgehead atoms. The summed E-state index contributed by atoms with van der Waals surface area (Å²) in [7, 11) is 2.56. The number of benzene rings is 1. The van der Waals surface area contributed by atoms with Crippen molar-refractivity contribution in [3.05, 3.63) is 93.2 Å². The van der Waals surface area contributed by atoms with Gasteiger partial charge in [-0.15, -0.1) is 22.7 Å². The molecule has 16 heteroatoms. The predicted molar refractivity (Wildman–Crippen MR) is 220 cm³/mol. The molecule has 4 atom stereocenters. The van der Waals surface area contributed by atoms with Crippen molar-refractivity contribution in [3.8, 4) is 23.7 Å². The normalized spacial score (nSPS) is 18.1. The molecule has 14 nitrogen and oxygen atoms in total. The summed E-state index contributed by atoms with van der Waals surface area (Å²) >= 11 is 3.19. The maximum atomic E-state index is 13.8. The molecule has 3 amide bonds. The van der Waals surface area contributed by atoms with Crippen LogP contribution >= 0.6 is 22.7 Å². The first-order valence-electron chi connectivity index (χ1n) is 19.0. The van der Waals surface area contributed by atoms with Crippen LogP contribution in [0.25, 0.3) is 9.40 Å². The number of H-pyrrole nitrogens is 2. The third kappa shape index (κ3) is 8.79. The van der Waals surface area contributed by atoms with Crippen LogP contribution in [0, 0.1) is 29.6 Å². The summed E-state index contributed by atoms with van der Waals surface area (Å²) in [5.41, 5.74) is 0.919. The summed E-state index contributed by atoms with van der Waals surface area (Å²) in [6.45, 7) is 5.47. The van der Waals surface area contributed by atoms with E-state index in [0.717, 1.165) is 63.5 Å². The number of hydrogen-bond donors (Lipinski definition) is 4. The fraction of sp³-hybridized carbons (Fsp3) is 0.381. The van der Waals surface area contributed by atoms with E-state index in [0.29, 0.717) is 35.9 Å². The van der Waals surface area contributed by atoms with Crippen molar-refractivity contribution in [3.63, 3.8) is 0 Å². The van der Waals surface area contributed by atoms with E-state index in [1.54, 1.807) is 52.1 Å². The highest BCUT2D eigenvalue weighted by molar-refractivity contribution is 7.28. The third-order valence-electron chi connectivity index (χ3n) is 10.6. The Morgan fingerprint density at radius 1 is 0.879 bits per heavy atom. The number of imidazole rings is 2. The molecule has 2 fully saturated rings. The van der Waals surface area contributed by atoms with Crippen LogP contribution in [0.3, 0.4) is 0 Å². The van der Waals surface area contributed by atoms with E-state index < -0.39 is 23.8 Å². The molecule has 0 radical (unpaired) electrons. The van der Waals surface area contributed by atoms with Crippen molar-refractivity contribution in [1.82, 2.24) is 40.4 Å². The van der Waals surface area contributed by atoms with Crippen molar-refractivity contribution >= 4 is 56.5 Å². The molecule has 58 heavy (non-hydrogen) atoms. The SMILES string of the molecule is COC(=O)NC(C(=O)N1CCCC1c1ncc(C#Cc2cc3sc(C#Cc4cnc(C5CCCN5CC(C=O)(NC(=O)OC)C(C)C)[nH]4)cc3s2)[nH]1)c1ccccc1. The molecule has 7 rings (SSSR count). The third-order valence-corrected chi connectivity index (χ3v) is 12.7. The number of nitrogens with zero attached hydrogens (tertiary/aromatic N) is 4.